The standard InChI is InChI=1S/C43H52F2N12O5/c1-51(27-12-15-53(16-13-27)21-26-4-3-5-33-38(26)52(2)43(61)57(33)34-10-11-36(58)49-42(34)60)20-25-6-8-28(9-7-25)56-23-32(37(50-56)39(44)45)47-41(59)31-19-46-55-17-14-35(48-40(31)55)54-22-30-18-29(54)24-62-30/h3-5,14,17,19,23,25,27-30,34,39H,6-13,15-16,18,20-22,24H2,1-2H3,(H,47,59)(H,49,58,60)/t25-,28-,29-,30-,34?/m1/s1. The Kier molecular flexibility index (Phi) is 10.7. The minimum atomic E-state index is -2.86. The van der Waals surface area contributed by atoms with Crippen molar-refractivity contribution < 1.29 is 27.9 Å². The molecule has 1 aromatic carbocycles. The Hall–Kier alpha value is -5.53. The number of morpholine rings is 1. The van der Waals surface area contributed by atoms with E-state index in [1.54, 1.807) is 28.7 Å². The molecule has 5 fully saturated rings. The number of anilines is 2. The molecule has 62 heavy (non-hydrogen) atoms. The minimum absolute atomic E-state index is 0.00550. The third-order valence-corrected chi connectivity index (χ3v) is 14.0. The van der Waals surface area contributed by atoms with Gasteiger partial charge in [0.25, 0.3) is 12.3 Å². The van der Waals surface area contributed by atoms with Crippen LogP contribution in [0.3, 0.4) is 0 Å². The van der Waals surface area contributed by atoms with Crippen molar-refractivity contribution in [2.24, 2.45) is 13.0 Å². The van der Waals surface area contributed by atoms with Crippen molar-refractivity contribution in [2.45, 2.75) is 101 Å². The molecule has 4 saturated heterocycles. The molecule has 4 aliphatic heterocycles. The van der Waals surface area contributed by atoms with Crippen LogP contribution in [-0.2, 0) is 27.9 Å². The number of para-hydroxylation sites is 1. The first kappa shape index (κ1) is 40.5. The van der Waals surface area contributed by atoms with E-state index in [4.69, 9.17) is 9.72 Å². The predicted octanol–water partition coefficient (Wildman–Crippen LogP) is 4.05. The maximum absolute atomic E-state index is 14.3. The molecule has 17 nitrogen and oxygen atoms in total. The molecule has 1 aliphatic carbocycles. The lowest BCUT2D eigenvalue weighted by molar-refractivity contribution is -0.135. The second kappa shape index (κ2) is 16.3. The molecule has 328 valence electrons. The van der Waals surface area contributed by atoms with Crippen LogP contribution in [0.1, 0.15) is 97.9 Å². The van der Waals surface area contributed by atoms with Crippen molar-refractivity contribution in [1.82, 2.24) is 48.6 Å². The first-order valence-corrected chi connectivity index (χ1v) is 21.8. The van der Waals surface area contributed by atoms with Crippen LogP contribution >= 0.6 is 0 Å². The third-order valence-electron chi connectivity index (χ3n) is 14.0. The lowest BCUT2D eigenvalue weighted by Crippen LogP contribution is -2.44. The number of ether oxygens (including phenoxy) is 1. The second-order valence-corrected chi connectivity index (χ2v) is 17.9. The molecule has 0 radical (unpaired) electrons. The van der Waals surface area contributed by atoms with Crippen LogP contribution in [-0.4, -0.2) is 119 Å². The number of hydrogen-bond donors (Lipinski definition) is 2. The summed E-state index contributed by atoms with van der Waals surface area (Å²) in [4.78, 5) is 63.3. The van der Waals surface area contributed by atoms with Gasteiger partial charge < -0.3 is 19.9 Å². The summed E-state index contributed by atoms with van der Waals surface area (Å²) in [5, 5.41) is 13.7. The topological polar surface area (TPSA) is 169 Å². The zero-order valence-electron chi connectivity index (χ0n) is 35.0. The number of piperidine rings is 2. The molecule has 3 amide bonds. The number of imide groups is 1. The van der Waals surface area contributed by atoms with Crippen LogP contribution in [0.4, 0.5) is 20.3 Å². The summed E-state index contributed by atoms with van der Waals surface area (Å²) < 4.78 is 40.7. The molecule has 5 aliphatic rings. The molecule has 8 heterocycles. The summed E-state index contributed by atoms with van der Waals surface area (Å²) in [5.74, 6) is -0.113. The Labute approximate surface area is 356 Å². The summed E-state index contributed by atoms with van der Waals surface area (Å²) in [6.07, 6.45) is 9.00. The lowest BCUT2D eigenvalue weighted by atomic mass is 9.85. The van der Waals surface area contributed by atoms with Crippen LogP contribution in [0.25, 0.3) is 16.7 Å². The second-order valence-electron chi connectivity index (χ2n) is 17.9. The normalized spacial score (nSPS) is 24.9. The smallest absolute Gasteiger partial charge is 0.329 e. The zero-order valence-corrected chi connectivity index (χ0v) is 35.0. The molecule has 10 rings (SSSR count). The van der Waals surface area contributed by atoms with E-state index in [0.29, 0.717) is 42.7 Å². The van der Waals surface area contributed by atoms with Gasteiger partial charge in [0.2, 0.25) is 11.8 Å². The zero-order chi connectivity index (χ0) is 42.8. The van der Waals surface area contributed by atoms with Crippen LogP contribution in [0, 0.1) is 5.92 Å². The summed E-state index contributed by atoms with van der Waals surface area (Å²) >= 11 is 0. The number of amides is 3. The summed E-state index contributed by atoms with van der Waals surface area (Å²) in [6, 6.07) is 7.63. The highest BCUT2D eigenvalue weighted by molar-refractivity contribution is 6.08. The molecule has 3 atom stereocenters. The molecule has 2 bridgehead atoms. The summed E-state index contributed by atoms with van der Waals surface area (Å²) in [5.41, 5.74) is 2.38. The third kappa shape index (κ3) is 7.46. The number of benzene rings is 1. The largest absolute Gasteiger partial charge is 0.374 e. The maximum atomic E-state index is 14.3. The number of likely N-dealkylation sites (tertiary alicyclic amines) is 1. The number of imidazole rings is 1. The highest BCUT2D eigenvalue weighted by Gasteiger charge is 2.40. The van der Waals surface area contributed by atoms with Crippen LogP contribution in [0.2, 0.25) is 0 Å². The number of carbonyl (C=O) groups excluding carboxylic acids is 3. The first-order valence-electron chi connectivity index (χ1n) is 21.8. The molecule has 19 heteroatoms. The van der Waals surface area contributed by atoms with Crippen molar-refractivity contribution in [3.63, 3.8) is 0 Å². The number of nitrogens with zero attached hydrogens (tertiary/aromatic N) is 10. The molecular formula is C43H52F2N12O5. The SMILES string of the molecule is CN(C[C@H]1CC[C@H](n2cc(NC(=O)c3cnn4ccc(N5C[C@H]6C[C@@H]5CO6)nc34)c(C(F)F)n2)CC1)C1CCN(Cc2cccc3c2n(C)c(=O)n3C2CCC(=O)NC2=O)CC1. The van der Waals surface area contributed by atoms with E-state index >= 15 is 0 Å². The van der Waals surface area contributed by atoms with Gasteiger partial charge in [0.05, 0.1) is 47.7 Å². The number of aromatic nitrogens is 7. The number of carbonyl (C=O) groups is 3. The number of nitrogens with one attached hydrogen (secondary N) is 2. The Balaban J connectivity index is 0.729. The van der Waals surface area contributed by atoms with Crippen molar-refractivity contribution in [3.05, 3.63) is 70.2 Å². The number of rotatable bonds is 11. The number of alkyl halides is 2. The minimum Gasteiger partial charge on any atom is -0.374 e. The van der Waals surface area contributed by atoms with Crippen LogP contribution in [0.15, 0.2) is 47.7 Å². The van der Waals surface area contributed by atoms with Gasteiger partial charge in [-0.15, -0.1) is 0 Å². The van der Waals surface area contributed by atoms with Gasteiger partial charge in [-0.25, -0.2) is 23.1 Å². The van der Waals surface area contributed by atoms with E-state index in [1.165, 1.54) is 15.3 Å². The molecular weight excluding hydrogens is 803 g/mol. The average Bonchev–Trinajstić information content (AvgIpc) is 4.12. The highest BCUT2D eigenvalue weighted by atomic mass is 19.3. The fraction of sp³-hybridized carbons (Fsp3) is 0.558. The molecule has 5 aromatic rings. The van der Waals surface area contributed by atoms with Gasteiger partial charge in [0.1, 0.15) is 17.4 Å². The van der Waals surface area contributed by atoms with Gasteiger partial charge >= 0.3 is 5.69 Å². The Bertz CT molecular complexity index is 2590. The van der Waals surface area contributed by atoms with Gasteiger partial charge in [0, 0.05) is 51.5 Å². The Morgan fingerprint density at radius 2 is 1.85 bits per heavy atom. The van der Waals surface area contributed by atoms with Gasteiger partial charge in [-0.05, 0) is 95.1 Å². The molecule has 1 saturated carbocycles. The molecule has 1 unspecified atom stereocenters. The van der Waals surface area contributed by atoms with Gasteiger partial charge in [-0.3, -0.25) is 38.4 Å². The quantitative estimate of drug-likeness (QED) is 0.184. The van der Waals surface area contributed by atoms with E-state index in [1.807, 2.05) is 24.3 Å². The lowest BCUT2D eigenvalue weighted by Gasteiger charge is -2.39. The van der Waals surface area contributed by atoms with E-state index in [-0.39, 0.29) is 47.5 Å². The molecule has 2 N–H and O–H groups in total. The summed E-state index contributed by atoms with van der Waals surface area (Å²) in [6.45, 7) is 4.84. The number of halogens is 2. The van der Waals surface area contributed by atoms with Crippen molar-refractivity contribution in [1.29, 1.82) is 0 Å². The van der Waals surface area contributed by atoms with Crippen LogP contribution < -0.4 is 21.2 Å². The fourth-order valence-corrected chi connectivity index (χ4v) is 10.7. The van der Waals surface area contributed by atoms with E-state index in [2.05, 4.69) is 42.6 Å². The number of hydrogen-bond acceptors (Lipinski definition) is 11. The average molecular weight is 855 g/mol. The highest BCUT2D eigenvalue weighted by Crippen LogP contribution is 2.37. The maximum Gasteiger partial charge on any atom is 0.329 e. The van der Waals surface area contributed by atoms with Crippen molar-refractivity contribution >= 4 is 45.9 Å². The number of fused-ring (bicyclic) bond motifs is 4. The summed E-state index contributed by atoms with van der Waals surface area (Å²) in [7, 11) is 3.94. The first-order chi connectivity index (χ1) is 30.0. The fourth-order valence-electron chi connectivity index (χ4n) is 10.7. The molecule has 4 aromatic heterocycles. The van der Waals surface area contributed by atoms with Gasteiger partial charge in [-0.1, -0.05) is 12.1 Å². The van der Waals surface area contributed by atoms with Gasteiger partial charge in [0.15, 0.2) is 11.3 Å². The van der Waals surface area contributed by atoms with E-state index in [9.17, 15) is 28.0 Å². The van der Waals surface area contributed by atoms with Crippen molar-refractivity contribution in [3.8, 4) is 0 Å². The van der Waals surface area contributed by atoms with Gasteiger partial charge in [-0.2, -0.15) is 10.2 Å². The van der Waals surface area contributed by atoms with E-state index < -0.39 is 30.0 Å². The van der Waals surface area contributed by atoms with Crippen molar-refractivity contribution in [2.75, 3.05) is 50.1 Å². The Morgan fingerprint density at radius 1 is 1.05 bits per heavy atom. The monoisotopic (exact) mass is 854 g/mol. The number of aryl methyl sites for hydroxylation is 1. The predicted molar refractivity (Wildman–Crippen MR) is 224 cm³/mol. The molecule has 0 spiro atoms. The Morgan fingerprint density at radius 3 is 2.58 bits per heavy atom. The van der Waals surface area contributed by atoms with E-state index in [0.717, 1.165) is 88.0 Å². The van der Waals surface area contributed by atoms with Crippen LogP contribution in [0.5, 0.6) is 0 Å².